The normalized spacial score (nSPS) is 10.8. The Morgan fingerprint density at radius 2 is 1.94 bits per heavy atom. The molecule has 0 aliphatic heterocycles. The number of aromatic nitrogens is 1. The van der Waals surface area contributed by atoms with Gasteiger partial charge in [-0.2, -0.15) is 0 Å². The summed E-state index contributed by atoms with van der Waals surface area (Å²) in [6.45, 7) is 4.41. The van der Waals surface area contributed by atoms with E-state index in [-0.39, 0.29) is 0 Å². The molecule has 0 N–H and O–H groups in total. The highest BCUT2D eigenvalue weighted by Gasteiger charge is 2.09. The third kappa shape index (κ3) is 2.33. The van der Waals surface area contributed by atoms with Gasteiger partial charge in [0.2, 0.25) is 0 Å². The Bertz CT molecular complexity index is 477. The second-order valence-corrected chi connectivity index (χ2v) is 5.02. The van der Waals surface area contributed by atoms with E-state index in [0.29, 0.717) is 5.92 Å². The first-order valence-electron chi connectivity index (χ1n) is 5.39. The zero-order chi connectivity index (χ0) is 11.5. The van der Waals surface area contributed by atoms with Crippen LogP contribution in [0.5, 0.6) is 0 Å². The molecule has 2 heteroatoms. The van der Waals surface area contributed by atoms with E-state index in [1.54, 1.807) is 0 Å². The Morgan fingerprint density at radius 3 is 2.56 bits per heavy atom. The molecule has 1 aromatic heterocycles. The molecular formula is C14H14BrN. The van der Waals surface area contributed by atoms with Crippen LogP contribution >= 0.6 is 15.9 Å². The standard InChI is InChI=1S/C14H14BrN/c1-10(2)13-9-11(15)6-7-12(13)14-5-3-4-8-16-14/h3-10H,1-2H3. The van der Waals surface area contributed by atoms with Crippen LogP contribution < -0.4 is 0 Å². The zero-order valence-corrected chi connectivity index (χ0v) is 11.0. The average molecular weight is 276 g/mol. The van der Waals surface area contributed by atoms with Gasteiger partial charge >= 0.3 is 0 Å². The van der Waals surface area contributed by atoms with E-state index >= 15 is 0 Å². The van der Waals surface area contributed by atoms with Crippen LogP contribution in [-0.4, -0.2) is 4.98 Å². The third-order valence-electron chi connectivity index (χ3n) is 2.58. The van der Waals surface area contributed by atoms with E-state index in [1.165, 1.54) is 11.1 Å². The molecule has 1 nitrogen and oxygen atoms in total. The van der Waals surface area contributed by atoms with Gasteiger partial charge in [-0.25, -0.2) is 0 Å². The van der Waals surface area contributed by atoms with Crippen LogP contribution in [0, 0.1) is 0 Å². The molecule has 0 saturated carbocycles. The van der Waals surface area contributed by atoms with Crippen molar-refractivity contribution in [2.24, 2.45) is 0 Å². The van der Waals surface area contributed by atoms with Crippen molar-refractivity contribution in [3.63, 3.8) is 0 Å². The highest BCUT2D eigenvalue weighted by molar-refractivity contribution is 9.10. The molecule has 0 saturated heterocycles. The van der Waals surface area contributed by atoms with Crippen molar-refractivity contribution in [1.82, 2.24) is 4.98 Å². The number of benzene rings is 1. The quantitative estimate of drug-likeness (QED) is 0.779. The molecule has 2 rings (SSSR count). The number of hydrogen-bond donors (Lipinski definition) is 0. The van der Waals surface area contributed by atoms with Crippen molar-refractivity contribution in [2.45, 2.75) is 19.8 Å². The Labute approximate surface area is 105 Å². The van der Waals surface area contributed by atoms with Crippen molar-refractivity contribution in [2.75, 3.05) is 0 Å². The molecule has 0 aliphatic rings. The van der Waals surface area contributed by atoms with Crippen LogP contribution in [0.15, 0.2) is 47.1 Å². The molecule has 82 valence electrons. The summed E-state index contributed by atoms with van der Waals surface area (Å²) in [5, 5.41) is 0. The van der Waals surface area contributed by atoms with Gasteiger partial charge in [-0.1, -0.05) is 41.9 Å². The van der Waals surface area contributed by atoms with Crippen LogP contribution in [0.25, 0.3) is 11.3 Å². The molecule has 0 atom stereocenters. The molecule has 1 heterocycles. The lowest BCUT2D eigenvalue weighted by atomic mass is 9.95. The lowest BCUT2D eigenvalue weighted by Gasteiger charge is -2.12. The topological polar surface area (TPSA) is 12.9 Å². The predicted octanol–water partition coefficient (Wildman–Crippen LogP) is 4.63. The Hall–Kier alpha value is -1.15. The minimum Gasteiger partial charge on any atom is -0.256 e. The summed E-state index contributed by atoms with van der Waals surface area (Å²) >= 11 is 3.52. The van der Waals surface area contributed by atoms with Crippen molar-refractivity contribution < 1.29 is 0 Å². The van der Waals surface area contributed by atoms with E-state index in [2.05, 4.69) is 59.0 Å². The van der Waals surface area contributed by atoms with Crippen LogP contribution in [0.1, 0.15) is 25.3 Å². The van der Waals surface area contributed by atoms with E-state index < -0.39 is 0 Å². The van der Waals surface area contributed by atoms with Crippen LogP contribution in [0.4, 0.5) is 0 Å². The molecule has 0 radical (unpaired) electrons. The van der Waals surface area contributed by atoms with Gasteiger partial charge in [-0.3, -0.25) is 4.98 Å². The summed E-state index contributed by atoms with van der Waals surface area (Å²) in [6, 6.07) is 12.4. The van der Waals surface area contributed by atoms with Crippen molar-refractivity contribution in [1.29, 1.82) is 0 Å². The molecule has 0 fully saturated rings. The van der Waals surface area contributed by atoms with Crippen LogP contribution in [0.3, 0.4) is 0 Å². The summed E-state index contributed by atoms with van der Waals surface area (Å²) < 4.78 is 1.12. The van der Waals surface area contributed by atoms with E-state index in [4.69, 9.17) is 0 Å². The SMILES string of the molecule is CC(C)c1cc(Br)ccc1-c1ccccn1. The Balaban J connectivity index is 2.57. The monoisotopic (exact) mass is 275 g/mol. The van der Waals surface area contributed by atoms with Crippen LogP contribution in [-0.2, 0) is 0 Å². The highest BCUT2D eigenvalue weighted by atomic mass is 79.9. The summed E-state index contributed by atoms with van der Waals surface area (Å²) in [5.41, 5.74) is 3.59. The van der Waals surface area contributed by atoms with Gasteiger partial charge in [0.05, 0.1) is 5.69 Å². The summed E-state index contributed by atoms with van der Waals surface area (Å²) in [7, 11) is 0. The van der Waals surface area contributed by atoms with Gasteiger partial charge in [0.15, 0.2) is 0 Å². The maximum Gasteiger partial charge on any atom is 0.0704 e. The molecule has 0 spiro atoms. The van der Waals surface area contributed by atoms with Gasteiger partial charge in [-0.05, 0) is 35.7 Å². The second-order valence-electron chi connectivity index (χ2n) is 4.10. The smallest absolute Gasteiger partial charge is 0.0704 e. The van der Waals surface area contributed by atoms with Crippen LogP contribution in [0.2, 0.25) is 0 Å². The Morgan fingerprint density at radius 1 is 1.12 bits per heavy atom. The maximum atomic E-state index is 4.41. The molecule has 0 amide bonds. The molecule has 0 aliphatic carbocycles. The fourth-order valence-electron chi connectivity index (χ4n) is 1.77. The average Bonchev–Trinajstić information content (AvgIpc) is 2.30. The number of nitrogens with zero attached hydrogens (tertiary/aromatic N) is 1. The third-order valence-corrected chi connectivity index (χ3v) is 3.07. The fraction of sp³-hybridized carbons (Fsp3) is 0.214. The van der Waals surface area contributed by atoms with Gasteiger partial charge in [0.1, 0.15) is 0 Å². The molecule has 0 unspecified atom stereocenters. The van der Waals surface area contributed by atoms with E-state index in [9.17, 15) is 0 Å². The molecular weight excluding hydrogens is 262 g/mol. The summed E-state index contributed by atoms with van der Waals surface area (Å²) in [5.74, 6) is 0.495. The zero-order valence-electron chi connectivity index (χ0n) is 9.44. The van der Waals surface area contributed by atoms with Crippen molar-refractivity contribution >= 4 is 15.9 Å². The number of rotatable bonds is 2. The van der Waals surface area contributed by atoms with E-state index in [1.807, 2.05) is 18.3 Å². The molecule has 1 aromatic carbocycles. The van der Waals surface area contributed by atoms with Gasteiger partial charge in [-0.15, -0.1) is 0 Å². The minimum absolute atomic E-state index is 0.495. The molecule has 2 aromatic rings. The van der Waals surface area contributed by atoms with Gasteiger partial charge in [0, 0.05) is 16.2 Å². The predicted molar refractivity (Wildman–Crippen MR) is 71.5 cm³/mol. The second kappa shape index (κ2) is 4.79. The number of hydrogen-bond acceptors (Lipinski definition) is 1. The fourth-order valence-corrected chi connectivity index (χ4v) is 2.15. The lowest BCUT2D eigenvalue weighted by Crippen LogP contribution is -1.93. The first-order valence-corrected chi connectivity index (χ1v) is 6.18. The van der Waals surface area contributed by atoms with Crippen molar-refractivity contribution in [3.8, 4) is 11.3 Å². The summed E-state index contributed by atoms with van der Waals surface area (Å²) in [4.78, 5) is 4.41. The lowest BCUT2D eigenvalue weighted by molar-refractivity contribution is 0.867. The summed E-state index contributed by atoms with van der Waals surface area (Å²) in [6.07, 6.45) is 1.83. The number of pyridine rings is 1. The molecule has 16 heavy (non-hydrogen) atoms. The largest absolute Gasteiger partial charge is 0.256 e. The number of halogens is 1. The highest BCUT2D eigenvalue weighted by Crippen LogP contribution is 2.30. The first-order chi connectivity index (χ1) is 7.68. The first kappa shape index (κ1) is 11.3. The van der Waals surface area contributed by atoms with Crippen molar-refractivity contribution in [3.05, 3.63) is 52.6 Å². The molecule has 0 bridgehead atoms. The minimum atomic E-state index is 0.495. The van der Waals surface area contributed by atoms with Gasteiger partial charge in [0.25, 0.3) is 0 Å². The maximum absolute atomic E-state index is 4.41. The van der Waals surface area contributed by atoms with Gasteiger partial charge < -0.3 is 0 Å². The Kier molecular flexibility index (Phi) is 3.39. The van der Waals surface area contributed by atoms with E-state index in [0.717, 1.165) is 10.2 Å².